The van der Waals surface area contributed by atoms with Crippen LogP contribution < -0.4 is 5.32 Å². The summed E-state index contributed by atoms with van der Waals surface area (Å²) in [5.74, 6) is 1.98. The van der Waals surface area contributed by atoms with E-state index in [0.717, 1.165) is 38.8 Å². The lowest BCUT2D eigenvalue weighted by Gasteiger charge is -2.29. The second-order valence-corrected chi connectivity index (χ2v) is 9.19. The van der Waals surface area contributed by atoms with Crippen LogP contribution in [0.15, 0.2) is 0 Å². The smallest absolute Gasteiger partial charge is 0.229 e. The third-order valence-corrected chi connectivity index (χ3v) is 7.41. The summed E-state index contributed by atoms with van der Waals surface area (Å²) in [6.07, 6.45) is 10.2. The van der Waals surface area contributed by atoms with Crippen LogP contribution in [0.5, 0.6) is 0 Å². The molecule has 4 fully saturated rings. The van der Waals surface area contributed by atoms with E-state index in [9.17, 15) is 9.59 Å². The van der Waals surface area contributed by atoms with Crippen molar-refractivity contribution in [3.05, 3.63) is 0 Å². The van der Waals surface area contributed by atoms with E-state index >= 15 is 0 Å². The zero-order valence-electron chi connectivity index (χ0n) is 15.2. The Balaban J connectivity index is 1.40. The van der Waals surface area contributed by atoms with Crippen molar-refractivity contribution >= 4 is 23.6 Å². The predicted molar refractivity (Wildman–Crippen MR) is 98.4 cm³/mol. The van der Waals surface area contributed by atoms with Crippen molar-refractivity contribution in [2.24, 2.45) is 17.8 Å². The minimum Gasteiger partial charge on any atom is -0.369 e. The number of amides is 2. The van der Waals surface area contributed by atoms with E-state index in [4.69, 9.17) is 4.74 Å². The van der Waals surface area contributed by atoms with Gasteiger partial charge in [0.25, 0.3) is 0 Å². The number of ether oxygens (including phenoxy) is 1. The third-order valence-electron chi connectivity index (χ3n) is 6.86. The molecule has 1 aliphatic carbocycles. The van der Waals surface area contributed by atoms with Gasteiger partial charge in [0.2, 0.25) is 11.8 Å². The summed E-state index contributed by atoms with van der Waals surface area (Å²) in [5.41, 5.74) is -0.121. The molecule has 2 amide bonds. The SMILES string of the molecule is CSCC(=O)NC[C@H]1[C@H]2CN(C(=O)C3CCCCC3)C[C@]23CC[C@H]1O3. The average molecular weight is 367 g/mol. The summed E-state index contributed by atoms with van der Waals surface area (Å²) in [5, 5.41) is 3.08. The molecule has 1 saturated carbocycles. The van der Waals surface area contributed by atoms with Gasteiger partial charge >= 0.3 is 0 Å². The lowest BCUT2D eigenvalue weighted by molar-refractivity contribution is -0.137. The molecular weight excluding hydrogens is 336 g/mol. The quantitative estimate of drug-likeness (QED) is 0.809. The van der Waals surface area contributed by atoms with E-state index < -0.39 is 0 Å². The number of fused-ring (bicyclic) bond motifs is 1. The van der Waals surface area contributed by atoms with Crippen LogP contribution in [-0.4, -0.2) is 60.1 Å². The molecule has 0 aromatic carbocycles. The van der Waals surface area contributed by atoms with Gasteiger partial charge in [-0.05, 0) is 31.9 Å². The van der Waals surface area contributed by atoms with Gasteiger partial charge in [-0.15, -0.1) is 0 Å². The first-order valence-corrected chi connectivity index (χ1v) is 11.2. The minimum absolute atomic E-state index is 0.109. The van der Waals surface area contributed by atoms with Crippen LogP contribution in [0.2, 0.25) is 0 Å². The van der Waals surface area contributed by atoms with Crippen LogP contribution in [0.3, 0.4) is 0 Å². The molecule has 0 radical (unpaired) electrons. The van der Waals surface area contributed by atoms with E-state index in [0.29, 0.717) is 30.0 Å². The third kappa shape index (κ3) is 3.20. The fraction of sp³-hybridized carbons (Fsp3) is 0.895. The topological polar surface area (TPSA) is 58.6 Å². The van der Waals surface area contributed by atoms with Gasteiger partial charge in [0, 0.05) is 30.8 Å². The number of nitrogens with zero attached hydrogens (tertiary/aromatic N) is 1. The highest BCUT2D eigenvalue weighted by molar-refractivity contribution is 7.99. The normalized spacial score (nSPS) is 37.3. The van der Waals surface area contributed by atoms with Crippen molar-refractivity contribution in [3.8, 4) is 0 Å². The maximum Gasteiger partial charge on any atom is 0.229 e. The molecule has 4 rings (SSSR count). The maximum absolute atomic E-state index is 13.0. The molecule has 140 valence electrons. The second kappa shape index (κ2) is 7.10. The van der Waals surface area contributed by atoms with Crippen molar-refractivity contribution in [2.45, 2.75) is 56.7 Å². The highest BCUT2D eigenvalue weighted by Gasteiger charge is 2.63. The zero-order valence-corrected chi connectivity index (χ0v) is 16.0. The first kappa shape index (κ1) is 17.7. The van der Waals surface area contributed by atoms with E-state index in [1.807, 2.05) is 6.26 Å². The molecule has 6 heteroatoms. The Morgan fingerprint density at radius 2 is 2.04 bits per heavy atom. The lowest BCUT2D eigenvalue weighted by atomic mass is 9.73. The van der Waals surface area contributed by atoms with Crippen molar-refractivity contribution < 1.29 is 14.3 Å². The van der Waals surface area contributed by atoms with Gasteiger partial charge < -0.3 is 15.0 Å². The number of rotatable bonds is 5. The molecule has 3 saturated heterocycles. The molecule has 25 heavy (non-hydrogen) atoms. The largest absolute Gasteiger partial charge is 0.369 e. The molecule has 1 N–H and O–H groups in total. The number of carbonyl (C=O) groups excluding carboxylic acids is 2. The zero-order chi connectivity index (χ0) is 17.4. The first-order chi connectivity index (χ1) is 12.1. The maximum atomic E-state index is 13.0. The molecule has 4 atom stereocenters. The van der Waals surface area contributed by atoms with Gasteiger partial charge in [-0.1, -0.05) is 19.3 Å². The lowest BCUT2D eigenvalue weighted by Crippen LogP contribution is -2.42. The first-order valence-electron chi connectivity index (χ1n) is 9.85. The standard InChI is InChI=1S/C19H30N2O3S/c1-25-11-17(22)20-9-14-15-10-21(12-19(15)8-7-16(14)24-19)18(23)13-5-3-2-4-6-13/h13-16H,2-12H2,1H3,(H,20,22)/t14-,15+,16+,19+/m0/s1. The predicted octanol–water partition coefficient (Wildman–Crippen LogP) is 2.05. The fourth-order valence-corrected chi connectivity index (χ4v) is 6.02. The Morgan fingerprint density at radius 1 is 1.24 bits per heavy atom. The summed E-state index contributed by atoms with van der Waals surface area (Å²) in [4.78, 5) is 26.9. The Bertz CT molecular complexity index is 537. The van der Waals surface area contributed by atoms with Crippen molar-refractivity contribution in [2.75, 3.05) is 31.6 Å². The van der Waals surface area contributed by atoms with Gasteiger partial charge in [0.1, 0.15) is 0 Å². The summed E-state index contributed by atoms with van der Waals surface area (Å²) in [6.45, 7) is 2.30. The molecule has 0 aromatic heterocycles. The molecule has 1 spiro atoms. The van der Waals surface area contributed by atoms with E-state index in [1.54, 1.807) is 11.8 Å². The van der Waals surface area contributed by atoms with Gasteiger partial charge in [0.15, 0.2) is 0 Å². The van der Waals surface area contributed by atoms with Crippen molar-refractivity contribution in [3.63, 3.8) is 0 Å². The highest BCUT2D eigenvalue weighted by Crippen LogP contribution is 2.54. The van der Waals surface area contributed by atoms with Crippen LogP contribution in [0.4, 0.5) is 0 Å². The summed E-state index contributed by atoms with van der Waals surface area (Å²) < 4.78 is 6.41. The minimum atomic E-state index is -0.121. The Kier molecular flexibility index (Phi) is 5.02. The fourth-order valence-electron chi connectivity index (χ4n) is 5.65. The molecular formula is C19H30N2O3S. The summed E-state index contributed by atoms with van der Waals surface area (Å²) >= 11 is 1.55. The number of nitrogens with one attached hydrogen (secondary N) is 1. The molecule has 4 aliphatic rings. The molecule has 3 aliphatic heterocycles. The van der Waals surface area contributed by atoms with Gasteiger partial charge in [-0.25, -0.2) is 0 Å². The second-order valence-electron chi connectivity index (χ2n) is 8.32. The van der Waals surface area contributed by atoms with Crippen LogP contribution in [-0.2, 0) is 14.3 Å². The van der Waals surface area contributed by atoms with Crippen LogP contribution in [0, 0.1) is 17.8 Å². The van der Waals surface area contributed by atoms with E-state index in [2.05, 4.69) is 10.2 Å². The van der Waals surface area contributed by atoms with Gasteiger partial charge in [-0.2, -0.15) is 11.8 Å². The van der Waals surface area contributed by atoms with E-state index in [-0.39, 0.29) is 23.5 Å². The number of likely N-dealkylation sites (tertiary alicyclic amines) is 1. The molecule has 0 unspecified atom stereocenters. The monoisotopic (exact) mass is 366 g/mol. The average Bonchev–Trinajstić information content (AvgIpc) is 3.28. The number of thioether (sulfide) groups is 1. The van der Waals surface area contributed by atoms with Crippen LogP contribution in [0.25, 0.3) is 0 Å². The van der Waals surface area contributed by atoms with Crippen LogP contribution in [0.1, 0.15) is 44.9 Å². The number of hydrogen-bond donors (Lipinski definition) is 1. The number of hydrogen-bond acceptors (Lipinski definition) is 4. The van der Waals surface area contributed by atoms with Gasteiger partial charge in [0.05, 0.1) is 24.0 Å². The Hall–Kier alpha value is -0.750. The Labute approximate surface area is 154 Å². The Morgan fingerprint density at radius 3 is 2.80 bits per heavy atom. The molecule has 5 nitrogen and oxygen atoms in total. The number of carbonyl (C=O) groups is 2. The van der Waals surface area contributed by atoms with Crippen molar-refractivity contribution in [1.29, 1.82) is 0 Å². The van der Waals surface area contributed by atoms with E-state index in [1.165, 1.54) is 19.3 Å². The molecule has 2 bridgehead atoms. The summed E-state index contributed by atoms with van der Waals surface area (Å²) in [6, 6.07) is 0. The van der Waals surface area contributed by atoms with Crippen molar-refractivity contribution in [1.82, 2.24) is 10.2 Å². The van der Waals surface area contributed by atoms with Gasteiger partial charge in [-0.3, -0.25) is 9.59 Å². The highest BCUT2D eigenvalue weighted by atomic mass is 32.2. The molecule has 0 aromatic rings. The molecule has 3 heterocycles. The summed E-state index contributed by atoms with van der Waals surface area (Å²) in [7, 11) is 0. The van der Waals surface area contributed by atoms with Crippen LogP contribution >= 0.6 is 11.8 Å².